The Morgan fingerprint density at radius 3 is 2.48 bits per heavy atom. The van der Waals surface area contributed by atoms with E-state index in [9.17, 15) is 9.59 Å². The molecule has 3 atom stereocenters. The molecule has 0 unspecified atom stereocenters. The average Bonchev–Trinajstić information content (AvgIpc) is 2.90. The molecule has 0 radical (unpaired) electrons. The number of ether oxygens (including phenoxy) is 1. The van der Waals surface area contributed by atoms with E-state index < -0.39 is 6.09 Å². The molecule has 21 heavy (non-hydrogen) atoms. The van der Waals surface area contributed by atoms with Crippen molar-refractivity contribution in [3.63, 3.8) is 0 Å². The van der Waals surface area contributed by atoms with Gasteiger partial charge < -0.3 is 20.7 Å². The van der Waals surface area contributed by atoms with Crippen LogP contribution in [0.25, 0.3) is 0 Å². The van der Waals surface area contributed by atoms with Gasteiger partial charge in [-0.25, -0.2) is 4.79 Å². The zero-order chi connectivity index (χ0) is 16.0. The Hall–Kier alpha value is -1.72. The Bertz CT molecular complexity index is 396. The van der Waals surface area contributed by atoms with Crippen LogP contribution in [0.3, 0.4) is 0 Å². The fourth-order valence-corrected chi connectivity index (χ4v) is 2.80. The van der Waals surface area contributed by atoms with Gasteiger partial charge in [0.2, 0.25) is 5.91 Å². The van der Waals surface area contributed by atoms with Crippen molar-refractivity contribution in [2.75, 3.05) is 14.2 Å². The first-order valence-electron chi connectivity index (χ1n) is 7.42. The summed E-state index contributed by atoms with van der Waals surface area (Å²) in [7, 11) is 2.99. The van der Waals surface area contributed by atoms with E-state index in [1.165, 1.54) is 7.11 Å². The Morgan fingerprint density at radius 2 is 1.95 bits per heavy atom. The zero-order valence-corrected chi connectivity index (χ0v) is 13.4. The number of carbonyl (C=O) groups is 2. The lowest BCUT2D eigenvalue weighted by molar-refractivity contribution is -0.124. The van der Waals surface area contributed by atoms with E-state index in [4.69, 9.17) is 0 Å². The number of rotatable bonds is 6. The smallest absolute Gasteiger partial charge is 0.407 e. The van der Waals surface area contributed by atoms with Crippen molar-refractivity contribution in [2.45, 2.75) is 45.2 Å². The predicted molar refractivity (Wildman–Crippen MR) is 81.6 cm³/mol. The lowest BCUT2D eigenvalue weighted by Gasteiger charge is -2.29. The second-order valence-electron chi connectivity index (χ2n) is 5.79. The molecule has 0 spiro atoms. The first kappa shape index (κ1) is 17.3. The summed E-state index contributed by atoms with van der Waals surface area (Å²) in [5, 5.41) is 8.81. The molecule has 1 aliphatic carbocycles. The summed E-state index contributed by atoms with van der Waals surface area (Å²) in [6, 6.07) is -0.165. The highest BCUT2D eigenvalue weighted by Gasteiger charge is 2.33. The van der Waals surface area contributed by atoms with Crippen molar-refractivity contribution < 1.29 is 14.3 Å². The summed E-state index contributed by atoms with van der Waals surface area (Å²) in [6.45, 7) is 8.03. The van der Waals surface area contributed by atoms with Crippen molar-refractivity contribution in [3.05, 3.63) is 12.3 Å². The number of nitrogens with one attached hydrogen (secondary N) is 3. The standard InChI is InChI=1S/C15H27N3O3/c1-9(2)13(18-15(20)21-5)10(3)17-12-8-6-7-11(12)14(19)16-4/h9,11-13,17H,3,6-8H2,1-2,4-5H3,(H,16,19)(H,18,20)/t11-,12-,13-/m0/s1. The van der Waals surface area contributed by atoms with Crippen LogP contribution >= 0.6 is 0 Å². The summed E-state index contributed by atoms with van der Waals surface area (Å²) in [6.07, 6.45) is 2.34. The van der Waals surface area contributed by atoms with E-state index in [1.54, 1.807) is 7.05 Å². The molecular weight excluding hydrogens is 270 g/mol. The van der Waals surface area contributed by atoms with Crippen LogP contribution in [0.5, 0.6) is 0 Å². The van der Waals surface area contributed by atoms with Gasteiger partial charge in [-0.15, -0.1) is 0 Å². The molecule has 1 aliphatic rings. The Balaban J connectivity index is 2.68. The predicted octanol–water partition coefficient (Wildman–Crippen LogP) is 1.38. The van der Waals surface area contributed by atoms with Crippen LogP contribution in [-0.4, -0.2) is 38.2 Å². The molecule has 0 bridgehead atoms. The summed E-state index contributed by atoms with van der Waals surface area (Å²) < 4.78 is 4.64. The van der Waals surface area contributed by atoms with E-state index in [1.807, 2.05) is 13.8 Å². The van der Waals surface area contributed by atoms with Crippen molar-refractivity contribution in [2.24, 2.45) is 11.8 Å². The third kappa shape index (κ3) is 4.65. The van der Waals surface area contributed by atoms with E-state index in [0.717, 1.165) is 25.0 Å². The third-order valence-electron chi connectivity index (χ3n) is 3.97. The number of hydrogen-bond acceptors (Lipinski definition) is 4. The molecule has 6 nitrogen and oxygen atoms in total. The summed E-state index contributed by atoms with van der Waals surface area (Å²) in [5.74, 6) is 0.182. The van der Waals surface area contributed by atoms with Gasteiger partial charge >= 0.3 is 6.09 Å². The van der Waals surface area contributed by atoms with E-state index in [0.29, 0.717) is 0 Å². The van der Waals surface area contributed by atoms with Gasteiger partial charge in [0, 0.05) is 18.8 Å². The summed E-state index contributed by atoms with van der Waals surface area (Å²) in [5.41, 5.74) is 0.719. The monoisotopic (exact) mass is 297 g/mol. The second kappa shape index (κ2) is 7.90. The Kier molecular flexibility index (Phi) is 6.52. The van der Waals surface area contributed by atoms with E-state index in [-0.39, 0.29) is 29.8 Å². The van der Waals surface area contributed by atoms with Gasteiger partial charge in [-0.3, -0.25) is 4.79 Å². The topological polar surface area (TPSA) is 79.5 Å². The van der Waals surface area contributed by atoms with Crippen LogP contribution < -0.4 is 16.0 Å². The number of amides is 2. The van der Waals surface area contributed by atoms with Gasteiger partial charge in [0.25, 0.3) is 0 Å². The average molecular weight is 297 g/mol. The fraction of sp³-hybridized carbons (Fsp3) is 0.733. The third-order valence-corrected chi connectivity index (χ3v) is 3.97. The molecule has 1 fully saturated rings. The minimum atomic E-state index is -0.481. The number of alkyl carbamates (subject to hydrolysis) is 1. The molecule has 0 saturated heterocycles. The highest BCUT2D eigenvalue weighted by atomic mass is 16.5. The van der Waals surface area contributed by atoms with Gasteiger partial charge in [0.1, 0.15) is 0 Å². The molecule has 0 aliphatic heterocycles. The molecule has 6 heteroatoms. The van der Waals surface area contributed by atoms with Crippen molar-refractivity contribution >= 4 is 12.0 Å². The summed E-state index contributed by atoms with van der Waals surface area (Å²) >= 11 is 0. The quantitative estimate of drug-likeness (QED) is 0.692. The SMILES string of the molecule is C=C(N[C@H]1CCC[C@@H]1C(=O)NC)[C@@H](NC(=O)OC)C(C)C. The maximum absolute atomic E-state index is 11.9. The Morgan fingerprint density at radius 1 is 1.29 bits per heavy atom. The first-order valence-corrected chi connectivity index (χ1v) is 7.42. The van der Waals surface area contributed by atoms with Gasteiger partial charge in [-0.05, 0) is 18.8 Å². The normalized spacial score (nSPS) is 22.5. The lowest BCUT2D eigenvalue weighted by Crippen LogP contribution is -2.47. The molecule has 0 heterocycles. The van der Waals surface area contributed by atoms with E-state index in [2.05, 4.69) is 27.3 Å². The van der Waals surface area contributed by atoms with Crippen LogP contribution in [0.4, 0.5) is 4.79 Å². The minimum Gasteiger partial charge on any atom is -0.453 e. The number of hydrogen-bond donors (Lipinski definition) is 3. The molecule has 1 rings (SSSR count). The first-order chi connectivity index (χ1) is 9.90. The highest BCUT2D eigenvalue weighted by Crippen LogP contribution is 2.27. The molecule has 3 N–H and O–H groups in total. The van der Waals surface area contributed by atoms with Crippen LogP contribution in [0.1, 0.15) is 33.1 Å². The molecule has 0 aromatic rings. The van der Waals surface area contributed by atoms with Crippen molar-refractivity contribution in [1.82, 2.24) is 16.0 Å². The van der Waals surface area contributed by atoms with Gasteiger partial charge in [0.15, 0.2) is 0 Å². The van der Waals surface area contributed by atoms with Crippen LogP contribution in [0.15, 0.2) is 12.3 Å². The number of methoxy groups -OCH3 is 1. The molecule has 2 amide bonds. The highest BCUT2D eigenvalue weighted by molar-refractivity contribution is 5.79. The molecule has 120 valence electrons. The minimum absolute atomic E-state index is 0.0438. The van der Waals surface area contributed by atoms with Crippen molar-refractivity contribution in [3.8, 4) is 0 Å². The molecule has 0 aromatic heterocycles. The summed E-state index contributed by atoms with van der Waals surface area (Å²) in [4.78, 5) is 23.3. The molecule has 1 saturated carbocycles. The molecule has 0 aromatic carbocycles. The maximum Gasteiger partial charge on any atom is 0.407 e. The van der Waals surface area contributed by atoms with Gasteiger partial charge in [0.05, 0.1) is 19.1 Å². The zero-order valence-electron chi connectivity index (χ0n) is 13.4. The van der Waals surface area contributed by atoms with Crippen molar-refractivity contribution in [1.29, 1.82) is 0 Å². The number of carbonyl (C=O) groups excluding carboxylic acids is 2. The molecular formula is C15H27N3O3. The lowest BCUT2D eigenvalue weighted by atomic mass is 9.98. The van der Waals surface area contributed by atoms with E-state index >= 15 is 0 Å². The van der Waals surface area contributed by atoms with Crippen LogP contribution in [0.2, 0.25) is 0 Å². The fourth-order valence-electron chi connectivity index (χ4n) is 2.80. The second-order valence-corrected chi connectivity index (χ2v) is 5.79. The van der Waals surface area contributed by atoms with Crippen LogP contribution in [-0.2, 0) is 9.53 Å². The largest absolute Gasteiger partial charge is 0.453 e. The van der Waals surface area contributed by atoms with Gasteiger partial charge in [-0.2, -0.15) is 0 Å². The van der Waals surface area contributed by atoms with Gasteiger partial charge in [-0.1, -0.05) is 26.8 Å². The van der Waals surface area contributed by atoms with Crippen LogP contribution in [0, 0.1) is 11.8 Å². The maximum atomic E-state index is 11.9. The Labute approximate surface area is 126 Å².